The van der Waals surface area contributed by atoms with Crippen LogP contribution in [0.5, 0.6) is 0 Å². The second kappa shape index (κ2) is 6.23. The molecule has 1 aliphatic heterocycles. The molecular formula is C15H20FN5O3. The minimum absolute atomic E-state index is 0.371. The number of aromatic nitrogens is 4. The Bertz CT molecular complexity index is 720. The normalized spacial score (nSPS) is 31.1. The van der Waals surface area contributed by atoms with E-state index in [1.165, 1.54) is 30.1 Å². The Morgan fingerprint density at radius 3 is 2.79 bits per heavy atom. The predicted octanol–water partition coefficient (Wildman–Crippen LogP) is 0.769. The smallest absolute Gasteiger partial charge is 0.167 e. The van der Waals surface area contributed by atoms with Gasteiger partial charge in [0.1, 0.15) is 18.5 Å². The maximum Gasteiger partial charge on any atom is 0.167 e. The summed E-state index contributed by atoms with van der Waals surface area (Å²) in [7, 11) is 0. The number of rotatable bonds is 4. The summed E-state index contributed by atoms with van der Waals surface area (Å²) < 4.78 is 20.9. The number of nitrogens with one attached hydrogen (secondary N) is 1. The minimum Gasteiger partial charge on any atom is -0.394 e. The SMILES string of the molecule is OC[C@H]1O[C@@H](n2cnc3c(NC4CCCC4)ncnc32)[C@H](O)[C@@H]1F. The first-order valence-electron chi connectivity index (χ1n) is 8.21. The number of alkyl halides is 1. The van der Waals surface area contributed by atoms with Gasteiger partial charge in [0.2, 0.25) is 0 Å². The van der Waals surface area contributed by atoms with Crippen LogP contribution in [-0.2, 0) is 4.74 Å². The van der Waals surface area contributed by atoms with Gasteiger partial charge in [0.15, 0.2) is 29.4 Å². The van der Waals surface area contributed by atoms with Gasteiger partial charge < -0.3 is 20.3 Å². The van der Waals surface area contributed by atoms with Crippen LogP contribution in [0.1, 0.15) is 31.9 Å². The monoisotopic (exact) mass is 337 g/mol. The highest BCUT2D eigenvalue weighted by Gasteiger charge is 2.45. The summed E-state index contributed by atoms with van der Waals surface area (Å²) in [5.41, 5.74) is 1.02. The lowest BCUT2D eigenvalue weighted by Gasteiger charge is -2.16. The Morgan fingerprint density at radius 1 is 1.29 bits per heavy atom. The summed E-state index contributed by atoms with van der Waals surface area (Å²) in [6.07, 6.45) is 2.38. The molecule has 8 nitrogen and oxygen atoms in total. The van der Waals surface area contributed by atoms with E-state index in [9.17, 15) is 9.50 Å². The van der Waals surface area contributed by atoms with Gasteiger partial charge in [-0.05, 0) is 12.8 Å². The van der Waals surface area contributed by atoms with Crippen LogP contribution in [0.4, 0.5) is 10.2 Å². The molecule has 1 saturated carbocycles. The van der Waals surface area contributed by atoms with Crippen LogP contribution in [0.25, 0.3) is 11.2 Å². The Kier molecular flexibility index (Phi) is 4.07. The highest BCUT2D eigenvalue weighted by atomic mass is 19.1. The van der Waals surface area contributed by atoms with E-state index in [0.29, 0.717) is 23.0 Å². The van der Waals surface area contributed by atoms with Crippen LogP contribution in [0.3, 0.4) is 0 Å². The van der Waals surface area contributed by atoms with Crippen LogP contribution in [0, 0.1) is 0 Å². The third kappa shape index (κ3) is 2.52. The summed E-state index contributed by atoms with van der Waals surface area (Å²) in [5, 5.41) is 22.6. The second-order valence-electron chi connectivity index (χ2n) is 6.35. The number of fused-ring (bicyclic) bond motifs is 1. The molecule has 9 heteroatoms. The molecule has 24 heavy (non-hydrogen) atoms. The molecule has 0 radical (unpaired) electrons. The van der Waals surface area contributed by atoms with Crippen molar-refractivity contribution in [3.8, 4) is 0 Å². The van der Waals surface area contributed by atoms with E-state index in [2.05, 4.69) is 20.3 Å². The lowest BCUT2D eigenvalue weighted by molar-refractivity contribution is -0.0495. The summed E-state index contributed by atoms with van der Waals surface area (Å²) in [4.78, 5) is 12.8. The van der Waals surface area contributed by atoms with Crippen molar-refractivity contribution in [3.63, 3.8) is 0 Å². The van der Waals surface area contributed by atoms with Crippen molar-refractivity contribution in [2.24, 2.45) is 0 Å². The van der Waals surface area contributed by atoms with Gasteiger partial charge in [0.05, 0.1) is 12.9 Å². The summed E-state index contributed by atoms with van der Waals surface area (Å²) in [6.45, 7) is -0.495. The Hall–Kier alpha value is -1.84. The summed E-state index contributed by atoms with van der Waals surface area (Å²) in [6, 6.07) is 0.371. The van der Waals surface area contributed by atoms with Crippen molar-refractivity contribution in [3.05, 3.63) is 12.7 Å². The average Bonchev–Trinajstić information content (AvgIpc) is 3.30. The van der Waals surface area contributed by atoms with Crippen LogP contribution in [-0.4, -0.2) is 60.8 Å². The van der Waals surface area contributed by atoms with Gasteiger partial charge >= 0.3 is 0 Å². The summed E-state index contributed by atoms with van der Waals surface area (Å²) >= 11 is 0. The number of halogens is 1. The molecule has 1 saturated heterocycles. The quantitative estimate of drug-likeness (QED) is 0.757. The van der Waals surface area contributed by atoms with Gasteiger partial charge in [-0.1, -0.05) is 12.8 Å². The molecule has 0 spiro atoms. The highest BCUT2D eigenvalue weighted by Crippen LogP contribution is 2.34. The third-order valence-corrected chi connectivity index (χ3v) is 4.80. The fourth-order valence-corrected chi connectivity index (χ4v) is 3.49. The van der Waals surface area contributed by atoms with E-state index in [0.717, 1.165) is 12.8 Å². The first-order chi connectivity index (χ1) is 11.7. The largest absolute Gasteiger partial charge is 0.394 e. The maximum absolute atomic E-state index is 14.0. The molecule has 2 aromatic heterocycles. The Morgan fingerprint density at radius 2 is 2.08 bits per heavy atom. The maximum atomic E-state index is 14.0. The third-order valence-electron chi connectivity index (χ3n) is 4.80. The van der Waals surface area contributed by atoms with Crippen molar-refractivity contribution in [2.75, 3.05) is 11.9 Å². The zero-order valence-corrected chi connectivity index (χ0v) is 13.0. The molecular weight excluding hydrogens is 317 g/mol. The fraction of sp³-hybridized carbons (Fsp3) is 0.667. The van der Waals surface area contributed by atoms with Gasteiger partial charge in [-0.25, -0.2) is 19.3 Å². The van der Waals surface area contributed by atoms with Crippen molar-refractivity contribution < 1.29 is 19.3 Å². The number of nitrogens with zero attached hydrogens (tertiary/aromatic N) is 4. The molecule has 4 atom stereocenters. The molecule has 0 aromatic carbocycles. The minimum atomic E-state index is -1.66. The number of ether oxygens (including phenoxy) is 1. The zero-order chi connectivity index (χ0) is 16.7. The number of aliphatic hydroxyl groups is 2. The van der Waals surface area contributed by atoms with Crippen LogP contribution in [0.2, 0.25) is 0 Å². The molecule has 0 bridgehead atoms. The second-order valence-corrected chi connectivity index (χ2v) is 6.35. The van der Waals surface area contributed by atoms with E-state index < -0.39 is 31.2 Å². The van der Waals surface area contributed by atoms with Gasteiger partial charge in [0, 0.05) is 6.04 Å². The predicted molar refractivity (Wildman–Crippen MR) is 83.1 cm³/mol. The zero-order valence-electron chi connectivity index (χ0n) is 13.0. The van der Waals surface area contributed by atoms with Gasteiger partial charge in [-0.2, -0.15) is 0 Å². The molecule has 0 unspecified atom stereocenters. The van der Waals surface area contributed by atoms with E-state index in [-0.39, 0.29) is 0 Å². The van der Waals surface area contributed by atoms with E-state index in [1.54, 1.807) is 0 Å². The Labute approximate surface area is 137 Å². The van der Waals surface area contributed by atoms with Crippen LogP contribution < -0.4 is 5.32 Å². The lowest BCUT2D eigenvalue weighted by atomic mass is 10.1. The number of anilines is 1. The van der Waals surface area contributed by atoms with Crippen molar-refractivity contribution in [2.45, 2.75) is 56.3 Å². The number of hydrogen-bond acceptors (Lipinski definition) is 7. The molecule has 4 rings (SSSR count). The average molecular weight is 337 g/mol. The van der Waals surface area contributed by atoms with Gasteiger partial charge in [-0.3, -0.25) is 4.57 Å². The standard InChI is InChI=1S/C15H20FN5O3/c16-10-9(5-22)24-15(12(10)23)21-7-19-11-13(17-6-18-14(11)21)20-8-3-1-2-4-8/h6-10,12,15,22-23H,1-5H2,(H,17,18,20)/t9-,10-,12-,15-/m1/s1. The topological polar surface area (TPSA) is 105 Å². The first-order valence-corrected chi connectivity index (χ1v) is 8.21. The molecule has 2 aromatic rings. The molecule has 3 heterocycles. The van der Waals surface area contributed by atoms with Crippen molar-refractivity contribution in [1.82, 2.24) is 19.5 Å². The first kappa shape index (κ1) is 15.7. The highest BCUT2D eigenvalue weighted by molar-refractivity contribution is 5.82. The molecule has 3 N–H and O–H groups in total. The van der Waals surface area contributed by atoms with E-state index in [1.807, 2.05) is 0 Å². The summed E-state index contributed by atoms with van der Waals surface area (Å²) in [5.74, 6) is 0.633. The molecule has 2 aliphatic rings. The lowest BCUT2D eigenvalue weighted by Crippen LogP contribution is -2.29. The van der Waals surface area contributed by atoms with E-state index in [4.69, 9.17) is 9.84 Å². The van der Waals surface area contributed by atoms with Crippen molar-refractivity contribution in [1.29, 1.82) is 0 Å². The fourth-order valence-electron chi connectivity index (χ4n) is 3.49. The number of imidazole rings is 1. The van der Waals surface area contributed by atoms with Gasteiger partial charge in [-0.15, -0.1) is 0 Å². The van der Waals surface area contributed by atoms with Gasteiger partial charge in [0.25, 0.3) is 0 Å². The molecule has 0 amide bonds. The molecule has 130 valence electrons. The van der Waals surface area contributed by atoms with Crippen LogP contribution in [0.15, 0.2) is 12.7 Å². The van der Waals surface area contributed by atoms with E-state index >= 15 is 0 Å². The molecule has 1 aliphatic carbocycles. The van der Waals surface area contributed by atoms with Crippen molar-refractivity contribution >= 4 is 17.0 Å². The van der Waals surface area contributed by atoms with Crippen LogP contribution >= 0.6 is 0 Å². The molecule has 2 fully saturated rings. The Balaban J connectivity index is 1.65. The number of aliphatic hydroxyl groups excluding tert-OH is 2. The number of hydrogen-bond donors (Lipinski definition) is 3.